The molecule has 4 N–H and O–H groups in total. The summed E-state index contributed by atoms with van der Waals surface area (Å²) < 4.78 is 1.81. The number of rotatable bonds is 4. The lowest BCUT2D eigenvalue weighted by molar-refractivity contribution is -0.150. The summed E-state index contributed by atoms with van der Waals surface area (Å²) in [6, 6.07) is 19.8. The lowest BCUT2D eigenvalue weighted by Gasteiger charge is -2.49. The molecule has 170 valence electrons. The lowest BCUT2D eigenvalue weighted by Crippen LogP contribution is -2.53. The maximum absolute atomic E-state index is 12.5. The number of hydrogen-bond donors (Lipinski definition) is 3. The minimum Gasteiger partial charge on any atom is -0.481 e. The Bertz CT molecular complexity index is 1450. The van der Waals surface area contributed by atoms with Crippen LogP contribution in [0.15, 0.2) is 60.7 Å². The summed E-state index contributed by atoms with van der Waals surface area (Å²) in [5.41, 5.74) is 9.65. The lowest BCUT2D eigenvalue weighted by atomic mass is 9.66. The number of carboxylic acid groups (broad SMARTS) is 1. The maximum Gasteiger partial charge on any atom is 0.306 e. The van der Waals surface area contributed by atoms with E-state index in [1.807, 2.05) is 65.3 Å². The number of pyridine rings is 1. The minimum atomic E-state index is -0.789. The highest BCUT2D eigenvalue weighted by Crippen LogP contribution is 2.51. The van der Waals surface area contributed by atoms with Gasteiger partial charge in [0.1, 0.15) is 17.1 Å². The first-order valence-corrected chi connectivity index (χ1v) is 11.3. The Morgan fingerprint density at radius 1 is 1.06 bits per heavy atom. The molecular weight excluding hydrogens is 430 g/mol. The first-order chi connectivity index (χ1) is 16.4. The molecule has 1 saturated carbocycles. The Labute approximate surface area is 195 Å². The molecule has 0 saturated heterocycles. The van der Waals surface area contributed by atoms with Crippen molar-refractivity contribution in [2.45, 2.75) is 24.8 Å². The molecule has 1 aliphatic heterocycles. The van der Waals surface area contributed by atoms with Gasteiger partial charge in [-0.25, -0.2) is 9.67 Å². The maximum atomic E-state index is 12.5. The average Bonchev–Trinajstić information content (AvgIpc) is 3.22. The fourth-order valence-electron chi connectivity index (χ4n) is 5.32. The van der Waals surface area contributed by atoms with Gasteiger partial charge in [0.05, 0.1) is 22.7 Å². The second-order valence-corrected chi connectivity index (χ2v) is 9.16. The van der Waals surface area contributed by atoms with Gasteiger partial charge >= 0.3 is 5.97 Å². The van der Waals surface area contributed by atoms with Crippen molar-refractivity contribution in [3.05, 3.63) is 66.2 Å². The molecule has 1 aliphatic carbocycles. The van der Waals surface area contributed by atoms with Crippen molar-refractivity contribution in [3.8, 4) is 22.5 Å². The zero-order valence-electron chi connectivity index (χ0n) is 18.4. The highest BCUT2D eigenvalue weighted by Gasteiger charge is 2.52. The number of carbonyl (C=O) groups is 2. The van der Waals surface area contributed by atoms with Crippen LogP contribution in [-0.4, -0.2) is 38.3 Å². The van der Waals surface area contributed by atoms with E-state index in [0.717, 1.165) is 34.1 Å². The summed E-state index contributed by atoms with van der Waals surface area (Å²) in [6.07, 6.45) is 1.74. The summed E-state index contributed by atoms with van der Waals surface area (Å²) in [4.78, 5) is 28.8. The summed E-state index contributed by atoms with van der Waals surface area (Å²) in [5, 5.41) is 18.5. The molecule has 4 aromatic rings. The normalized spacial score (nSPS) is 21.0. The largest absolute Gasteiger partial charge is 0.481 e. The predicted octanol–water partition coefficient (Wildman–Crippen LogP) is 3.87. The fraction of sp³-hybridized carbons (Fsp3) is 0.231. The van der Waals surface area contributed by atoms with Crippen molar-refractivity contribution in [2.75, 3.05) is 11.9 Å². The van der Waals surface area contributed by atoms with Gasteiger partial charge in [0, 0.05) is 23.1 Å². The SMILES string of the molecule is NC(=O)c1c(-c2ccc3ccc(-c4ccccc4)nc3c2)nn2c1NCCC21CC(C(=O)O)C1. The number of fused-ring (bicyclic) bond motifs is 3. The number of aromatic nitrogens is 3. The molecule has 0 bridgehead atoms. The van der Waals surface area contributed by atoms with Crippen LogP contribution in [0.2, 0.25) is 0 Å². The Kier molecular flexibility index (Phi) is 4.45. The van der Waals surface area contributed by atoms with E-state index in [0.29, 0.717) is 36.5 Å². The second kappa shape index (κ2) is 7.41. The van der Waals surface area contributed by atoms with E-state index in [-0.39, 0.29) is 0 Å². The topological polar surface area (TPSA) is 123 Å². The van der Waals surface area contributed by atoms with Crippen LogP contribution in [0, 0.1) is 5.92 Å². The van der Waals surface area contributed by atoms with Gasteiger partial charge in [-0.2, -0.15) is 5.10 Å². The van der Waals surface area contributed by atoms with Crippen LogP contribution in [0.5, 0.6) is 0 Å². The van der Waals surface area contributed by atoms with E-state index in [4.69, 9.17) is 15.8 Å². The smallest absolute Gasteiger partial charge is 0.306 e. The van der Waals surface area contributed by atoms with Gasteiger partial charge in [-0.05, 0) is 31.4 Å². The van der Waals surface area contributed by atoms with Crippen molar-refractivity contribution in [2.24, 2.45) is 11.7 Å². The number of anilines is 1. The minimum absolute atomic E-state index is 0.330. The van der Waals surface area contributed by atoms with Gasteiger partial charge in [-0.1, -0.05) is 48.5 Å². The van der Waals surface area contributed by atoms with Gasteiger partial charge < -0.3 is 16.2 Å². The van der Waals surface area contributed by atoms with Crippen LogP contribution in [-0.2, 0) is 10.3 Å². The molecule has 1 fully saturated rings. The number of nitrogens with one attached hydrogen (secondary N) is 1. The molecule has 8 heteroatoms. The third-order valence-corrected chi connectivity index (χ3v) is 7.10. The van der Waals surface area contributed by atoms with E-state index in [2.05, 4.69) is 5.32 Å². The summed E-state index contributed by atoms with van der Waals surface area (Å²) in [5.74, 6) is -1.18. The molecule has 2 aromatic heterocycles. The number of hydrogen-bond acceptors (Lipinski definition) is 5. The molecule has 1 amide bonds. The first-order valence-electron chi connectivity index (χ1n) is 11.3. The molecule has 3 heterocycles. The van der Waals surface area contributed by atoms with E-state index in [9.17, 15) is 14.7 Å². The molecule has 1 spiro atoms. The molecule has 0 radical (unpaired) electrons. The predicted molar refractivity (Wildman–Crippen MR) is 128 cm³/mol. The Hall–Kier alpha value is -4.20. The molecule has 6 rings (SSSR count). The summed E-state index contributed by atoms with van der Waals surface area (Å²) in [6.45, 7) is 0.636. The van der Waals surface area contributed by atoms with Crippen LogP contribution < -0.4 is 11.1 Å². The summed E-state index contributed by atoms with van der Waals surface area (Å²) >= 11 is 0. The van der Waals surface area contributed by atoms with Crippen LogP contribution in [0.4, 0.5) is 5.82 Å². The van der Waals surface area contributed by atoms with Gasteiger partial charge in [-0.15, -0.1) is 0 Å². The Balaban J connectivity index is 1.47. The third kappa shape index (κ3) is 3.06. The zero-order chi connectivity index (χ0) is 23.4. The van der Waals surface area contributed by atoms with Gasteiger partial charge in [-0.3, -0.25) is 9.59 Å². The van der Waals surface area contributed by atoms with Gasteiger partial charge in [0.15, 0.2) is 0 Å². The molecule has 2 aromatic carbocycles. The number of aliphatic carboxylic acids is 1. The standard InChI is InChI=1S/C26H23N5O3/c27-23(32)21-22(30-31-24(21)28-11-10-26(31)13-18(14-26)25(33)34)17-7-6-16-8-9-19(29-20(16)12-17)15-4-2-1-3-5-15/h1-9,12,18,28H,10-11,13-14H2,(H2,27,32)(H,33,34). The molecular formula is C26H23N5O3. The van der Waals surface area contributed by atoms with Crippen molar-refractivity contribution in [3.63, 3.8) is 0 Å². The third-order valence-electron chi connectivity index (χ3n) is 7.10. The summed E-state index contributed by atoms with van der Waals surface area (Å²) in [7, 11) is 0. The zero-order valence-corrected chi connectivity index (χ0v) is 18.4. The van der Waals surface area contributed by atoms with Gasteiger partial charge in [0.2, 0.25) is 0 Å². The monoisotopic (exact) mass is 453 g/mol. The Morgan fingerprint density at radius 3 is 2.56 bits per heavy atom. The Morgan fingerprint density at radius 2 is 1.82 bits per heavy atom. The number of primary amides is 1. The number of carbonyl (C=O) groups excluding carboxylic acids is 1. The average molecular weight is 454 g/mol. The highest BCUT2D eigenvalue weighted by atomic mass is 16.4. The number of amides is 1. The molecule has 0 atom stereocenters. The number of nitrogens with zero attached hydrogens (tertiary/aromatic N) is 3. The number of nitrogens with two attached hydrogens (primary N) is 1. The van der Waals surface area contributed by atoms with Crippen LogP contribution in [0.1, 0.15) is 29.6 Å². The van der Waals surface area contributed by atoms with Crippen LogP contribution in [0.3, 0.4) is 0 Å². The molecule has 2 aliphatic rings. The highest BCUT2D eigenvalue weighted by molar-refractivity contribution is 6.04. The molecule has 8 nitrogen and oxygen atoms in total. The van der Waals surface area contributed by atoms with Crippen molar-refractivity contribution < 1.29 is 14.7 Å². The van der Waals surface area contributed by atoms with E-state index in [1.165, 1.54) is 0 Å². The van der Waals surface area contributed by atoms with Crippen molar-refractivity contribution in [1.82, 2.24) is 14.8 Å². The fourth-order valence-corrected chi connectivity index (χ4v) is 5.32. The van der Waals surface area contributed by atoms with Crippen LogP contribution in [0.25, 0.3) is 33.4 Å². The number of carboxylic acids is 1. The molecule has 0 unspecified atom stereocenters. The van der Waals surface area contributed by atoms with Crippen molar-refractivity contribution >= 4 is 28.6 Å². The van der Waals surface area contributed by atoms with E-state index < -0.39 is 23.3 Å². The number of benzene rings is 2. The first kappa shape index (κ1) is 20.4. The van der Waals surface area contributed by atoms with Gasteiger partial charge in [0.25, 0.3) is 5.91 Å². The van der Waals surface area contributed by atoms with Crippen molar-refractivity contribution in [1.29, 1.82) is 0 Å². The van der Waals surface area contributed by atoms with E-state index >= 15 is 0 Å². The van der Waals surface area contributed by atoms with E-state index in [1.54, 1.807) is 0 Å². The molecule has 34 heavy (non-hydrogen) atoms. The second-order valence-electron chi connectivity index (χ2n) is 9.16. The van der Waals surface area contributed by atoms with Crippen LogP contribution >= 0.6 is 0 Å². The quantitative estimate of drug-likeness (QED) is 0.431.